The second kappa shape index (κ2) is 7.18. The Balaban J connectivity index is 2.32. The number of aryl methyl sites for hydroxylation is 1. The molecule has 0 spiro atoms. The van der Waals surface area contributed by atoms with Crippen molar-refractivity contribution in [3.05, 3.63) is 59.7 Å². The minimum Gasteiger partial charge on any atom is -0.324 e. The van der Waals surface area contributed by atoms with Gasteiger partial charge in [-0.3, -0.25) is 9.10 Å². The van der Waals surface area contributed by atoms with Crippen LogP contribution in [0.4, 0.5) is 20.2 Å². The van der Waals surface area contributed by atoms with E-state index in [2.05, 4.69) is 5.32 Å². The number of carbonyl (C=O) groups excluding carboxylic acids is 1. The van der Waals surface area contributed by atoms with Crippen LogP contribution < -0.4 is 9.62 Å². The first kappa shape index (κ1) is 18.9. The molecule has 0 saturated heterocycles. The minimum absolute atomic E-state index is 0.132. The van der Waals surface area contributed by atoms with E-state index >= 15 is 0 Å². The van der Waals surface area contributed by atoms with Gasteiger partial charge in [0.05, 0.1) is 11.9 Å². The normalized spacial score (nSPS) is 12.5. The molecule has 8 heteroatoms. The first-order valence-corrected chi connectivity index (χ1v) is 9.26. The molecule has 0 unspecified atom stereocenters. The average molecular weight is 368 g/mol. The van der Waals surface area contributed by atoms with Crippen LogP contribution in [0, 0.1) is 18.6 Å². The topological polar surface area (TPSA) is 66.5 Å². The van der Waals surface area contributed by atoms with Crippen LogP contribution in [0.3, 0.4) is 0 Å². The van der Waals surface area contributed by atoms with Crippen molar-refractivity contribution < 1.29 is 22.0 Å². The molecule has 0 heterocycles. The number of nitrogens with one attached hydrogen (secondary N) is 1. The fourth-order valence-electron chi connectivity index (χ4n) is 2.31. The average Bonchev–Trinajstić information content (AvgIpc) is 2.51. The molecule has 0 aliphatic rings. The summed E-state index contributed by atoms with van der Waals surface area (Å²) >= 11 is 0. The van der Waals surface area contributed by atoms with Gasteiger partial charge < -0.3 is 5.32 Å². The van der Waals surface area contributed by atoms with Gasteiger partial charge in [-0.1, -0.05) is 17.7 Å². The molecule has 0 radical (unpaired) electrons. The van der Waals surface area contributed by atoms with Crippen molar-refractivity contribution >= 4 is 27.3 Å². The molecule has 2 aromatic rings. The number of halogens is 2. The maximum Gasteiger partial charge on any atom is 0.247 e. The largest absolute Gasteiger partial charge is 0.324 e. The number of hydrogen-bond donors (Lipinski definition) is 1. The van der Waals surface area contributed by atoms with Gasteiger partial charge in [-0.05, 0) is 38.1 Å². The number of rotatable bonds is 5. The van der Waals surface area contributed by atoms with E-state index in [0.29, 0.717) is 5.69 Å². The Hall–Kier alpha value is -2.48. The third kappa shape index (κ3) is 4.54. The predicted molar refractivity (Wildman–Crippen MR) is 93.0 cm³/mol. The maximum atomic E-state index is 13.5. The third-order valence-corrected chi connectivity index (χ3v) is 4.81. The summed E-state index contributed by atoms with van der Waals surface area (Å²) in [6.45, 7) is 3.26. The van der Waals surface area contributed by atoms with Gasteiger partial charge in [0.2, 0.25) is 15.9 Å². The quantitative estimate of drug-likeness (QED) is 0.882. The number of amides is 1. The summed E-state index contributed by atoms with van der Waals surface area (Å²) in [7, 11) is -3.91. The summed E-state index contributed by atoms with van der Waals surface area (Å²) in [6.07, 6.45) is 0.893. The summed E-state index contributed by atoms with van der Waals surface area (Å²) < 4.78 is 51.5. The second-order valence-electron chi connectivity index (χ2n) is 5.69. The SMILES string of the molecule is Cc1ccc(NC(=O)[C@H](C)N(c2ccc(F)c(F)c2)S(C)(=O)=O)cc1. The fourth-order valence-corrected chi connectivity index (χ4v) is 3.48. The van der Waals surface area contributed by atoms with E-state index in [0.717, 1.165) is 34.3 Å². The van der Waals surface area contributed by atoms with Crippen molar-refractivity contribution in [2.75, 3.05) is 15.9 Å². The third-order valence-electron chi connectivity index (χ3n) is 3.57. The van der Waals surface area contributed by atoms with Crippen LogP contribution in [-0.2, 0) is 14.8 Å². The number of carbonyl (C=O) groups is 1. The molecule has 0 saturated carbocycles. The van der Waals surface area contributed by atoms with E-state index in [1.165, 1.54) is 6.92 Å². The Kier molecular flexibility index (Phi) is 5.42. The zero-order chi connectivity index (χ0) is 18.8. The Morgan fingerprint density at radius 2 is 1.68 bits per heavy atom. The second-order valence-corrected chi connectivity index (χ2v) is 7.55. The number of benzene rings is 2. The molecule has 1 atom stereocenters. The van der Waals surface area contributed by atoms with Gasteiger partial charge in [-0.25, -0.2) is 17.2 Å². The Bertz CT molecular complexity index is 883. The lowest BCUT2D eigenvalue weighted by atomic mass is 10.2. The molecule has 1 N–H and O–H groups in total. The molecular formula is C17H18F2N2O3S. The monoisotopic (exact) mass is 368 g/mol. The molecule has 5 nitrogen and oxygen atoms in total. The Morgan fingerprint density at radius 1 is 1.08 bits per heavy atom. The van der Waals surface area contributed by atoms with E-state index in [-0.39, 0.29) is 5.69 Å². The van der Waals surface area contributed by atoms with Gasteiger partial charge in [0.25, 0.3) is 0 Å². The van der Waals surface area contributed by atoms with E-state index in [1.54, 1.807) is 24.3 Å². The highest BCUT2D eigenvalue weighted by Gasteiger charge is 2.29. The summed E-state index contributed by atoms with van der Waals surface area (Å²) in [5.74, 6) is -2.90. The standard InChI is InChI=1S/C17H18F2N2O3S/c1-11-4-6-13(7-5-11)20-17(22)12(2)21(25(3,23)24)14-8-9-15(18)16(19)10-14/h4-10,12H,1-3H3,(H,20,22)/t12-/m0/s1. The van der Waals surface area contributed by atoms with Crippen molar-refractivity contribution in [3.8, 4) is 0 Å². The van der Waals surface area contributed by atoms with Gasteiger partial charge in [-0.15, -0.1) is 0 Å². The molecule has 25 heavy (non-hydrogen) atoms. The highest BCUT2D eigenvalue weighted by molar-refractivity contribution is 7.92. The molecule has 0 fully saturated rings. The lowest BCUT2D eigenvalue weighted by molar-refractivity contribution is -0.116. The van der Waals surface area contributed by atoms with Crippen LogP contribution in [0.15, 0.2) is 42.5 Å². The predicted octanol–water partition coefficient (Wildman–Crippen LogP) is 3.07. The molecular weight excluding hydrogens is 350 g/mol. The highest BCUT2D eigenvalue weighted by atomic mass is 32.2. The van der Waals surface area contributed by atoms with Crippen LogP contribution in [0.2, 0.25) is 0 Å². The molecule has 0 bridgehead atoms. The summed E-state index contributed by atoms with van der Waals surface area (Å²) in [4.78, 5) is 12.4. The van der Waals surface area contributed by atoms with Crippen molar-refractivity contribution in [2.45, 2.75) is 19.9 Å². The van der Waals surface area contributed by atoms with Crippen molar-refractivity contribution in [1.82, 2.24) is 0 Å². The van der Waals surface area contributed by atoms with Gasteiger partial charge in [-0.2, -0.15) is 0 Å². The van der Waals surface area contributed by atoms with Gasteiger partial charge in [0.1, 0.15) is 6.04 Å². The summed E-state index contributed by atoms with van der Waals surface area (Å²) in [6, 6.07) is 8.45. The van der Waals surface area contributed by atoms with Crippen molar-refractivity contribution in [1.29, 1.82) is 0 Å². The van der Waals surface area contributed by atoms with Crippen LogP contribution in [0.1, 0.15) is 12.5 Å². The highest BCUT2D eigenvalue weighted by Crippen LogP contribution is 2.23. The molecule has 0 aromatic heterocycles. The number of nitrogens with zero attached hydrogens (tertiary/aromatic N) is 1. The molecule has 0 aliphatic carbocycles. The molecule has 1 amide bonds. The number of sulfonamides is 1. The summed E-state index contributed by atoms with van der Waals surface area (Å²) in [5.41, 5.74) is 1.37. The van der Waals surface area contributed by atoms with Crippen LogP contribution >= 0.6 is 0 Å². The minimum atomic E-state index is -3.91. The number of anilines is 2. The van der Waals surface area contributed by atoms with Crippen LogP contribution in [0.5, 0.6) is 0 Å². The molecule has 2 aromatic carbocycles. The molecule has 134 valence electrons. The van der Waals surface area contributed by atoms with Gasteiger partial charge in [0, 0.05) is 11.8 Å². The first-order chi connectivity index (χ1) is 11.6. The van der Waals surface area contributed by atoms with E-state index in [1.807, 2.05) is 6.92 Å². The zero-order valence-electron chi connectivity index (χ0n) is 14.0. The van der Waals surface area contributed by atoms with E-state index in [9.17, 15) is 22.0 Å². The van der Waals surface area contributed by atoms with Gasteiger partial charge >= 0.3 is 0 Å². The van der Waals surface area contributed by atoms with E-state index < -0.39 is 33.6 Å². The van der Waals surface area contributed by atoms with Crippen molar-refractivity contribution in [3.63, 3.8) is 0 Å². The number of hydrogen-bond acceptors (Lipinski definition) is 3. The summed E-state index contributed by atoms with van der Waals surface area (Å²) in [5, 5.41) is 2.60. The Labute approximate surface area is 145 Å². The fraction of sp³-hybridized carbons (Fsp3) is 0.235. The lowest BCUT2D eigenvalue weighted by Crippen LogP contribution is -2.45. The smallest absolute Gasteiger partial charge is 0.247 e. The van der Waals surface area contributed by atoms with E-state index in [4.69, 9.17) is 0 Å². The van der Waals surface area contributed by atoms with Crippen molar-refractivity contribution in [2.24, 2.45) is 0 Å². The molecule has 0 aliphatic heterocycles. The Morgan fingerprint density at radius 3 is 2.20 bits per heavy atom. The maximum absolute atomic E-state index is 13.5. The zero-order valence-corrected chi connectivity index (χ0v) is 14.8. The molecule has 2 rings (SSSR count). The van der Waals surface area contributed by atoms with Crippen LogP contribution in [0.25, 0.3) is 0 Å². The van der Waals surface area contributed by atoms with Crippen LogP contribution in [-0.4, -0.2) is 26.6 Å². The lowest BCUT2D eigenvalue weighted by Gasteiger charge is -2.28. The van der Waals surface area contributed by atoms with Gasteiger partial charge in [0.15, 0.2) is 11.6 Å². The first-order valence-electron chi connectivity index (χ1n) is 7.41.